The van der Waals surface area contributed by atoms with Crippen LogP contribution in [0.1, 0.15) is 29.7 Å². The van der Waals surface area contributed by atoms with E-state index in [0.717, 1.165) is 28.4 Å². The van der Waals surface area contributed by atoms with Crippen LogP contribution in [0.3, 0.4) is 0 Å². The van der Waals surface area contributed by atoms with E-state index in [4.69, 9.17) is 16.3 Å². The molecular formula is C17H20ClNO. The average Bonchev–Trinajstić information content (AvgIpc) is 2.45. The predicted molar refractivity (Wildman–Crippen MR) is 84.4 cm³/mol. The molecule has 106 valence electrons. The molecule has 0 aliphatic heterocycles. The quantitative estimate of drug-likeness (QED) is 0.874. The summed E-state index contributed by atoms with van der Waals surface area (Å²) in [5, 5.41) is 4.30. The maximum atomic E-state index is 6.21. The Hall–Kier alpha value is -1.51. The molecule has 2 aromatic carbocycles. The SMILES string of the molecule is COc1ccc(CNC(C)c2ccccc2Cl)cc1C. The third-order valence-electron chi connectivity index (χ3n) is 3.44. The van der Waals surface area contributed by atoms with Crippen molar-refractivity contribution in [1.29, 1.82) is 0 Å². The van der Waals surface area contributed by atoms with Gasteiger partial charge in [-0.05, 0) is 42.7 Å². The Morgan fingerprint density at radius 3 is 2.60 bits per heavy atom. The van der Waals surface area contributed by atoms with E-state index in [1.54, 1.807) is 7.11 Å². The third kappa shape index (κ3) is 3.53. The number of aryl methyl sites for hydroxylation is 1. The lowest BCUT2D eigenvalue weighted by atomic mass is 10.1. The molecule has 0 aliphatic rings. The van der Waals surface area contributed by atoms with Gasteiger partial charge in [0.05, 0.1) is 7.11 Å². The molecule has 3 heteroatoms. The van der Waals surface area contributed by atoms with E-state index in [1.807, 2.05) is 24.3 Å². The number of hydrogen-bond acceptors (Lipinski definition) is 2. The van der Waals surface area contributed by atoms with E-state index >= 15 is 0 Å². The summed E-state index contributed by atoms with van der Waals surface area (Å²) in [6, 6.07) is 14.4. The minimum Gasteiger partial charge on any atom is -0.496 e. The highest BCUT2D eigenvalue weighted by Gasteiger charge is 2.08. The Bertz CT molecular complexity index is 583. The van der Waals surface area contributed by atoms with Gasteiger partial charge in [0.1, 0.15) is 5.75 Å². The van der Waals surface area contributed by atoms with Crippen molar-refractivity contribution in [3.8, 4) is 5.75 Å². The molecule has 2 rings (SSSR count). The molecular weight excluding hydrogens is 270 g/mol. The van der Waals surface area contributed by atoms with Crippen molar-refractivity contribution in [3.63, 3.8) is 0 Å². The summed E-state index contributed by atoms with van der Waals surface area (Å²) < 4.78 is 5.27. The zero-order valence-electron chi connectivity index (χ0n) is 12.1. The van der Waals surface area contributed by atoms with Crippen LogP contribution >= 0.6 is 11.6 Å². The van der Waals surface area contributed by atoms with Gasteiger partial charge in [0, 0.05) is 17.6 Å². The summed E-state index contributed by atoms with van der Waals surface area (Å²) in [6.45, 7) is 4.98. The molecule has 1 atom stereocenters. The minimum atomic E-state index is 0.214. The van der Waals surface area contributed by atoms with Gasteiger partial charge in [-0.15, -0.1) is 0 Å². The molecule has 0 aromatic heterocycles. The fourth-order valence-corrected chi connectivity index (χ4v) is 2.56. The molecule has 0 amide bonds. The van der Waals surface area contributed by atoms with Gasteiger partial charge >= 0.3 is 0 Å². The van der Waals surface area contributed by atoms with Crippen LogP contribution in [0.5, 0.6) is 5.75 Å². The summed E-state index contributed by atoms with van der Waals surface area (Å²) >= 11 is 6.21. The van der Waals surface area contributed by atoms with Crippen LogP contribution in [0.4, 0.5) is 0 Å². The number of benzene rings is 2. The summed E-state index contributed by atoms with van der Waals surface area (Å²) in [4.78, 5) is 0. The molecule has 0 bridgehead atoms. The molecule has 0 radical (unpaired) electrons. The van der Waals surface area contributed by atoms with E-state index in [-0.39, 0.29) is 6.04 Å². The number of ether oxygens (including phenoxy) is 1. The summed E-state index contributed by atoms with van der Waals surface area (Å²) in [6.07, 6.45) is 0. The normalized spacial score (nSPS) is 12.2. The van der Waals surface area contributed by atoms with Crippen molar-refractivity contribution in [2.24, 2.45) is 0 Å². The Balaban J connectivity index is 2.02. The zero-order chi connectivity index (χ0) is 14.5. The minimum absolute atomic E-state index is 0.214. The topological polar surface area (TPSA) is 21.3 Å². The van der Waals surface area contributed by atoms with Crippen LogP contribution in [-0.2, 0) is 6.54 Å². The first-order valence-electron chi connectivity index (χ1n) is 6.73. The molecule has 20 heavy (non-hydrogen) atoms. The highest BCUT2D eigenvalue weighted by Crippen LogP contribution is 2.23. The van der Waals surface area contributed by atoms with E-state index in [2.05, 4.69) is 37.4 Å². The molecule has 1 unspecified atom stereocenters. The van der Waals surface area contributed by atoms with Gasteiger partial charge in [0.25, 0.3) is 0 Å². The van der Waals surface area contributed by atoms with Crippen molar-refractivity contribution >= 4 is 11.6 Å². The van der Waals surface area contributed by atoms with E-state index in [0.29, 0.717) is 0 Å². The van der Waals surface area contributed by atoms with Gasteiger partial charge in [-0.25, -0.2) is 0 Å². The fraction of sp³-hybridized carbons (Fsp3) is 0.294. The highest BCUT2D eigenvalue weighted by molar-refractivity contribution is 6.31. The van der Waals surface area contributed by atoms with Crippen LogP contribution in [0.2, 0.25) is 5.02 Å². The molecule has 0 heterocycles. The zero-order valence-corrected chi connectivity index (χ0v) is 12.9. The molecule has 1 N–H and O–H groups in total. The second-order valence-corrected chi connectivity index (χ2v) is 5.34. The second-order valence-electron chi connectivity index (χ2n) is 4.93. The Kier molecular flexibility index (Phi) is 5.05. The molecule has 0 aliphatic carbocycles. The van der Waals surface area contributed by atoms with Crippen molar-refractivity contribution < 1.29 is 4.74 Å². The second kappa shape index (κ2) is 6.78. The number of rotatable bonds is 5. The Morgan fingerprint density at radius 2 is 1.95 bits per heavy atom. The van der Waals surface area contributed by atoms with Crippen LogP contribution in [0, 0.1) is 6.92 Å². The highest BCUT2D eigenvalue weighted by atomic mass is 35.5. The number of hydrogen-bond donors (Lipinski definition) is 1. The average molecular weight is 290 g/mol. The van der Waals surface area contributed by atoms with Crippen molar-refractivity contribution in [2.45, 2.75) is 26.4 Å². The molecule has 0 saturated carbocycles. The lowest BCUT2D eigenvalue weighted by molar-refractivity contribution is 0.411. The van der Waals surface area contributed by atoms with Gasteiger partial charge < -0.3 is 10.1 Å². The Labute approximate surface area is 125 Å². The first kappa shape index (κ1) is 14.9. The standard InChI is InChI=1S/C17H20ClNO/c1-12-10-14(8-9-17(12)20-3)11-19-13(2)15-6-4-5-7-16(15)18/h4-10,13,19H,11H2,1-3H3. The van der Waals surface area contributed by atoms with Gasteiger partial charge in [0.15, 0.2) is 0 Å². The first-order chi connectivity index (χ1) is 9.61. The fourth-order valence-electron chi connectivity index (χ4n) is 2.26. The Morgan fingerprint density at radius 1 is 1.20 bits per heavy atom. The van der Waals surface area contributed by atoms with Crippen LogP contribution in [0.15, 0.2) is 42.5 Å². The van der Waals surface area contributed by atoms with Crippen molar-refractivity contribution in [1.82, 2.24) is 5.32 Å². The van der Waals surface area contributed by atoms with E-state index in [9.17, 15) is 0 Å². The predicted octanol–water partition coefficient (Wildman–Crippen LogP) is 4.51. The molecule has 0 saturated heterocycles. The van der Waals surface area contributed by atoms with Crippen molar-refractivity contribution in [3.05, 3.63) is 64.2 Å². The van der Waals surface area contributed by atoms with E-state index in [1.165, 1.54) is 5.56 Å². The van der Waals surface area contributed by atoms with Gasteiger partial charge in [-0.2, -0.15) is 0 Å². The monoisotopic (exact) mass is 289 g/mol. The van der Waals surface area contributed by atoms with Gasteiger partial charge in [-0.3, -0.25) is 0 Å². The summed E-state index contributed by atoms with van der Waals surface area (Å²) in [7, 11) is 1.69. The molecule has 0 spiro atoms. The maximum Gasteiger partial charge on any atom is 0.121 e. The van der Waals surface area contributed by atoms with Crippen molar-refractivity contribution in [2.75, 3.05) is 7.11 Å². The van der Waals surface area contributed by atoms with Crippen LogP contribution < -0.4 is 10.1 Å². The molecule has 2 nitrogen and oxygen atoms in total. The smallest absolute Gasteiger partial charge is 0.121 e. The third-order valence-corrected chi connectivity index (χ3v) is 3.79. The largest absolute Gasteiger partial charge is 0.496 e. The van der Waals surface area contributed by atoms with Gasteiger partial charge in [-0.1, -0.05) is 41.9 Å². The number of halogens is 1. The lowest BCUT2D eigenvalue weighted by Gasteiger charge is -2.16. The van der Waals surface area contributed by atoms with Crippen LogP contribution in [0.25, 0.3) is 0 Å². The van der Waals surface area contributed by atoms with E-state index < -0.39 is 0 Å². The van der Waals surface area contributed by atoms with Gasteiger partial charge in [0.2, 0.25) is 0 Å². The number of methoxy groups -OCH3 is 1. The molecule has 2 aromatic rings. The summed E-state index contributed by atoms with van der Waals surface area (Å²) in [5.41, 5.74) is 3.51. The number of nitrogens with one attached hydrogen (secondary N) is 1. The van der Waals surface area contributed by atoms with Crippen LogP contribution in [-0.4, -0.2) is 7.11 Å². The first-order valence-corrected chi connectivity index (χ1v) is 7.11. The lowest BCUT2D eigenvalue weighted by Crippen LogP contribution is -2.18. The maximum absolute atomic E-state index is 6.21. The molecule has 0 fully saturated rings. The summed E-state index contributed by atoms with van der Waals surface area (Å²) in [5.74, 6) is 0.924.